The van der Waals surface area contributed by atoms with Crippen LogP contribution in [0.4, 0.5) is 0 Å². The number of fused-ring (bicyclic) bond motifs is 1. The minimum atomic E-state index is -4.16. The molecule has 0 bridgehead atoms. The SMILES string of the molecule is COc1cccc([C@]23OO[C@@]2(C(C)(C)C)C(C)(C)[C@H](OC(C)=O)S3(=O)=O)c1. The molecule has 0 N–H and O–H groups in total. The van der Waals surface area contributed by atoms with E-state index in [9.17, 15) is 13.2 Å². The zero-order valence-corrected chi connectivity index (χ0v) is 17.5. The number of carbonyl (C=O) groups is 1. The Hall–Kier alpha value is -1.64. The largest absolute Gasteiger partial charge is 0.497 e. The first-order valence-corrected chi connectivity index (χ1v) is 10.3. The summed E-state index contributed by atoms with van der Waals surface area (Å²) in [5.74, 6) is -0.188. The van der Waals surface area contributed by atoms with E-state index in [1.54, 1.807) is 38.1 Å². The van der Waals surface area contributed by atoms with Crippen molar-refractivity contribution >= 4 is 15.8 Å². The van der Waals surface area contributed by atoms with Crippen LogP contribution in [0.25, 0.3) is 0 Å². The summed E-state index contributed by atoms with van der Waals surface area (Å²) in [7, 11) is -2.66. The van der Waals surface area contributed by atoms with Crippen molar-refractivity contribution in [2.24, 2.45) is 10.8 Å². The fraction of sp³-hybridized carbons (Fsp3) is 0.632. The Morgan fingerprint density at radius 3 is 2.26 bits per heavy atom. The molecule has 0 amide bonds. The number of hydrogen-bond acceptors (Lipinski definition) is 7. The molecular weight excluding hydrogens is 372 g/mol. The Bertz CT molecular complexity index is 884. The third-order valence-corrected chi connectivity index (χ3v) is 8.35. The maximum Gasteiger partial charge on any atom is 0.303 e. The number of hydrogen-bond donors (Lipinski definition) is 0. The average Bonchev–Trinajstić information content (AvgIpc) is 2.57. The zero-order chi connectivity index (χ0) is 20.5. The normalized spacial score (nSPS) is 33.7. The molecule has 2 aliphatic heterocycles. The first kappa shape index (κ1) is 20.1. The van der Waals surface area contributed by atoms with Crippen LogP contribution in [-0.4, -0.2) is 32.5 Å². The van der Waals surface area contributed by atoms with Crippen LogP contribution >= 0.6 is 0 Å². The minimum Gasteiger partial charge on any atom is -0.497 e. The first-order valence-electron chi connectivity index (χ1n) is 8.71. The average molecular weight is 398 g/mol. The van der Waals surface area contributed by atoms with E-state index in [0.29, 0.717) is 11.3 Å². The van der Waals surface area contributed by atoms with Crippen molar-refractivity contribution in [3.05, 3.63) is 29.8 Å². The number of sulfone groups is 1. The first-order chi connectivity index (χ1) is 12.3. The number of benzene rings is 1. The quantitative estimate of drug-likeness (QED) is 0.571. The van der Waals surface area contributed by atoms with Crippen LogP contribution in [-0.2, 0) is 34.1 Å². The highest BCUT2D eigenvalue weighted by Crippen LogP contribution is 2.74. The molecule has 0 aromatic heterocycles. The molecule has 0 radical (unpaired) electrons. The number of rotatable bonds is 3. The maximum atomic E-state index is 13.8. The highest BCUT2D eigenvalue weighted by molar-refractivity contribution is 7.93. The van der Waals surface area contributed by atoms with Crippen molar-refractivity contribution in [1.82, 2.24) is 0 Å². The standard InChI is InChI=1S/C19H26O7S/c1-12(20)24-15-17(5,6)19(16(2,3)4)18(25-26-19,27(15,21)22)13-9-8-10-14(11-13)23-7/h8-11,15H,1-7H3/t15-,18-,19+/m1/s1. The third-order valence-electron chi connectivity index (χ3n) is 5.71. The molecular formula is C19H26O7S. The number of ether oxygens (including phenoxy) is 2. The predicted molar refractivity (Wildman–Crippen MR) is 97.3 cm³/mol. The van der Waals surface area contributed by atoms with Gasteiger partial charge in [0.2, 0.25) is 15.3 Å². The molecule has 2 saturated heterocycles. The summed E-state index contributed by atoms with van der Waals surface area (Å²) < 4.78 is 38.1. The number of methoxy groups -OCH3 is 1. The van der Waals surface area contributed by atoms with Crippen molar-refractivity contribution in [1.29, 1.82) is 0 Å². The van der Waals surface area contributed by atoms with Crippen LogP contribution in [0.5, 0.6) is 5.75 Å². The maximum absolute atomic E-state index is 13.8. The fourth-order valence-electron chi connectivity index (χ4n) is 4.87. The molecule has 0 unspecified atom stereocenters. The number of esters is 1. The van der Waals surface area contributed by atoms with Crippen molar-refractivity contribution in [2.45, 2.75) is 57.5 Å². The van der Waals surface area contributed by atoms with Crippen LogP contribution in [0, 0.1) is 10.8 Å². The lowest BCUT2D eigenvalue weighted by Gasteiger charge is -2.61. The molecule has 2 fully saturated rings. The third kappa shape index (κ3) is 2.14. The van der Waals surface area contributed by atoms with Crippen molar-refractivity contribution in [3.8, 4) is 5.75 Å². The van der Waals surface area contributed by atoms with Gasteiger partial charge in [0, 0.05) is 12.5 Å². The highest BCUT2D eigenvalue weighted by Gasteiger charge is 2.90. The van der Waals surface area contributed by atoms with Crippen LogP contribution in [0.2, 0.25) is 0 Å². The molecule has 150 valence electrons. The molecule has 3 atom stereocenters. The van der Waals surface area contributed by atoms with Gasteiger partial charge in [0.1, 0.15) is 5.75 Å². The molecule has 2 heterocycles. The Morgan fingerprint density at radius 2 is 1.81 bits per heavy atom. The Balaban J connectivity index is 2.38. The molecule has 7 nitrogen and oxygen atoms in total. The summed E-state index contributed by atoms with van der Waals surface area (Å²) in [6, 6.07) is 6.69. The topological polar surface area (TPSA) is 88.1 Å². The molecule has 1 aromatic carbocycles. The van der Waals surface area contributed by atoms with Crippen LogP contribution in [0.1, 0.15) is 47.1 Å². The zero-order valence-electron chi connectivity index (χ0n) is 16.7. The molecule has 0 aliphatic carbocycles. The van der Waals surface area contributed by atoms with Gasteiger partial charge in [-0.3, -0.25) is 4.79 Å². The van der Waals surface area contributed by atoms with Gasteiger partial charge >= 0.3 is 5.97 Å². The molecule has 0 spiro atoms. The summed E-state index contributed by atoms with van der Waals surface area (Å²) in [6.45, 7) is 10.3. The Labute approximate surface area is 159 Å². The van der Waals surface area contributed by atoms with E-state index in [0.717, 1.165) is 0 Å². The lowest BCUT2D eigenvalue weighted by molar-refractivity contribution is -0.569. The summed E-state index contributed by atoms with van der Waals surface area (Å²) in [5, 5.41) is 0. The van der Waals surface area contributed by atoms with Gasteiger partial charge < -0.3 is 9.47 Å². The van der Waals surface area contributed by atoms with E-state index in [2.05, 4.69) is 0 Å². The van der Waals surface area contributed by atoms with E-state index in [1.807, 2.05) is 20.8 Å². The van der Waals surface area contributed by atoms with Gasteiger partial charge in [-0.15, -0.1) is 0 Å². The predicted octanol–water partition coefficient (Wildman–Crippen LogP) is 2.94. The van der Waals surface area contributed by atoms with Gasteiger partial charge in [0.05, 0.1) is 12.5 Å². The van der Waals surface area contributed by atoms with E-state index in [-0.39, 0.29) is 0 Å². The summed E-state index contributed by atoms with van der Waals surface area (Å²) in [5.41, 5.74) is -4.09. The lowest BCUT2D eigenvalue weighted by atomic mass is 9.57. The van der Waals surface area contributed by atoms with E-state index < -0.39 is 42.6 Å². The highest BCUT2D eigenvalue weighted by atomic mass is 32.2. The van der Waals surface area contributed by atoms with Crippen molar-refractivity contribution in [2.75, 3.05) is 7.11 Å². The number of carbonyl (C=O) groups excluding carboxylic acids is 1. The smallest absolute Gasteiger partial charge is 0.303 e. The summed E-state index contributed by atoms with van der Waals surface area (Å²) >= 11 is 0. The fourth-order valence-corrected chi connectivity index (χ4v) is 7.97. The Kier molecular flexibility index (Phi) is 4.23. The Morgan fingerprint density at radius 1 is 1.19 bits per heavy atom. The molecule has 27 heavy (non-hydrogen) atoms. The lowest BCUT2D eigenvalue weighted by Crippen LogP contribution is -2.74. The summed E-state index contributed by atoms with van der Waals surface area (Å²) in [6.07, 6.45) is 0. The van der Waals surface area contributed by atoms with Crippen molar-refractivity contribution in [3.63, 3.8) is 0 Å². The molecule has 3 rings (SSSR count). The van der Waals surface area contributed by atoms with Gasteiger partial charge in [-0.05, 0) is 17.5 Å². The molecule has 2 aliphatic rings. The van der Waals surface area contributed by atoms with E-state index in [4.69, 9.17) is 19.2 Å². The molecule has 8 heteroatoms. The van der Waals surface area contributed by atoms with Gasteiger partial charge in [0.15, 0.2) is 5.60 Å². The second-order valence-corrected chi connectivity index (χ2v) is 10.7. The van der Waals surface area contributed by atoms with Crippen LogP contribution in [0.3, 0.4) is 0 Å². The van der Waals surface area contributed by atoms with Gasteiger partial charge in [-0.1, -0.05) is 46.8 Å². The monoisotopic (exact) mass is 398 g/mol. The van der Waals surface area contributed by atoms with E-state index in [1.165, 1.54) is 14.0 Å². The van der Waals surface area contributed by atoms with Gasteiger partial charge in [-0.2, -0.15) is 0 Å². The molecule has 0 saturated carbocycles. The van der Waals surface area contributed by atoms with E-state index >= 15 is 0 Å². The van der Waals surface area contributed by atoms with Crippen molar-refractivity contribution < 1.29 is 32.5 Å². The van der Waals surface area contributed by atoms with Gasteiger partial charge in [-0.25, -0.2) is 18.2 Å². The van der Waals surface area contributed by atoms with Gasteiger partial charge in [0.25, 0.3) is 4.93 Å². The second kappa shape index (κ2) is 5.68. The summed E-state index contributed by atoms with van der Waals surface area (Å²) in [4.78, 5) is 21.1. The second-order valence-electron chi connectivity index (χ2n) is 8.65. The van der Waals surface area contributed by atoms with Crippen LogP contribution in [0.15, 0.2) is 24.3 Å². The minimum absolute atomic E-state index is 0.380. The molecule has 1 aromatic rings. The van der Waals surface area contributed by atoms with Crippen LogP contribution < -0.4 is 4.74 Å².